The summed E-state index contributed by atoms with van der Waals surface area (Å²) in [6.45, 7) is 6.17. The second kappa shape index (κ2) is 6.02. The molecule has 1 aliphatic heterocycles. The summed E-state index contributed by atoms with van der Waals surface area (Å²) in [5.74, 6) is -0.324. The Morgan fingerprint density at radius 1 is 1.50 bits per heavy atom. The van der Waals surface area contributed by atoms with E-state index in [2.05, 4.69) is 17.1 Å². The van der Waals surface area contributed by atoms with Crippen molar-refractivity contribution in [3.63, 3.8) is 0 Å². The van der Waals surface area contributed by atoms with Crippen LogP contribution in [0.5, 0.6) is 0 Å². The highest BCUT2D eigenvalue weighted by atomic mass is 16.4. The summed E-state index contributed by atoms with van der Waals surface area (Å²) in [5.41, 5.74) is 0. The molecule has 0 atom stereocenters. The molecule has 2 heterocycles. The molecule has 1 saturated heterocycles. The molecule has 1 aliphatic rings. The van der Waals surface area contributed by atoms with Crippen LogP contribution in [0, 0.1) is 0 Å². The zero-order chi connectivity index (χ0) is 13.0. The second-order valence-electron chi connectivity index (χ2n) is 4.66. The maximum Gasteiger partial charge on any atom is 0.371 e. The highest BCUT2D eigenvalue weighted by Gasteiger charge is 2.18. The minimum absolute atomic E-state index is 0.00704. The molecule has 5 heteroatoms. The van der Waals surface area contributed by atoms with Crippen LogP contribution in [-0.4, -0.2) is 41.7 Å². The molecule has 2 N–H and O–H groups in total. The average Bonchev–Trinajstić information content (AvgIpc) is 2.86. The molecule has 0 saturated carbocycles. The van der Waals surface area contributed by atoms with Gasteiger partial charge in [-0.3, -0.25) is 0 Å². The number of hydrogen-bond acceptors (Lipinski definition) is 4. The highest BCUT2D eigenvalue weighted by molar-refractivity contribution is 5.84. The quantitative estimate of drug-likeness (QED) is 0.832. The molecule has 18 heavy (non-hydrogen) atoms. The van der Waals surface area contributed by atoms with Crippen molar-refractivity contribution in [1.82, 2.24) is 10.2 Å². The van der Waals surface area contributed by atoms with Crippen LogP contribution in [0.15, 0.2) is 16.5 Å². The first-order valence-corrected chi connectivity index (χ1v) is 6.46. The van der Waals surface area contributed by atoms with Crippen molar-refractivity contribution in [1.29, 1.82) is 0 Å². The third-order valence-corrected chi connectivity index (χ3v) is 3.47. The Morgan fingerprint density at radius 3 is 2.78 bits per heavy atom. The van der Waals surface area contributed by atoms with Gasteiger partial charge in [-0.25, -0.2) is 4.79 Å². The van der Waals surface area contributed by atoms with E-state index >= 15 is 0 Å². The van der Waals surface area contributed by atoms with E-state index in [1.807, 2.05) is 0 Å². The van der Waals surface area contributed by atoms with Gasteiger partial charge in [-0.05, 0) is 44.6 Å². The van der Waals surface area contributed by atoms with Crippen LogP contribution in [0.3, 0.4) is 0 Å². The Labute approximate surface area is 107 Å². The molecule has 0 unspecified atom stereocenters. The Kier molecular flexibility index (Phi) is 4.38. The van der Waals surface area contributed by atoms with E-state index in [0.29, 0.717) is 18.3 Å². The zero-order valence-electron chi connectivity index (χ0n) is 10.7. The molecule has 1 aromatic heterocycles. The summed E-state index contributed by atoms with van der Waals surface area (Å²) in [6.07, 6.45) is 2.28. The molecule has 2 rings (SSSR count). The summed E-state index contributed by atoms with van der Waals surface area (Å²) in [4.78, 5) is 13.1. The molecular weight excluding hydrogens is 232 g/mol. The van der Waals surface area contributed by atoms with E-state index in [1.165, 1.54) is 6.07 Å². The lowest BCUT2D eigenvalue weighted by atomic mass is 10.1. The lowest BCUT2D eigenvalue weighted by Gasteiger charge is -2.31. The Morgan fingerprint density at radius 2 is 2.22 bits per heavy atom. The molecule has 0 radical (unpaired) electrons. The van der Waals surface area contributed by atoms with E-state index in [1.54, 1.807) is 6.07 Å². The molecule has 0 aromatic carbocycles. The van der Waals surface area contributed by atoms with Crippen LogP contribution >= 0.6 is 0 Å². The number of likely N-dealkylation sites (tertiary alicyclic amines) is 1. The second-order valence-corrected chi connectivity index (χ2v) is 4.66. The third-order valence-electron chi connectivity index (χ3n) is 3.47. The van der Waals surface area contributed by atoms with E-state index in [4.69, 9.17) is 9.52 Å². The molecule has 1 aromatic rings. The standard InChI is InChI=1S/C13H20N2O3/c1-2-15-7-5-10(6-8-15)14-9-11-3-4-12(18-11)13(16)17/h3-4,10,14H,2,5-9H2,1H3,(H,16,17). The Balaban J connectivity index is 1.76. The molecule has 100 valence electrons. The number of nitrogens with zero attached hydrogens (tertiary/aromatic N) is 1. The predicted octanol–water partition coefficient (Wildman–Crippen LogP) is 1.55. The van der Waals surface area contributed by atoms with Gasteiger partial charge in [0, 0.05) is 6.04 Å². The number of aromatic carboxylic acids is 1. The summed E-state index contributed by atoms with van der Waals surface area (Å²) >= 11 is 0. The summed E-state index contributed by atoms with van der Waals surface area (Å²) in [6, 6.07) is 3.72. The fourth-order valence-electron chi connectivity index (χ4n) is 2.29. The first kappa shape index (κ1) is 13.1. The fraction of sp³-hybridized carbons (Fsp3) is 0.615. The van der Waals surface area contributed by atoms with Gasteiger partial charge in [0.05, 0.1) is 6.54 Å². The van der Waals surface area contributed by atoms with Crippen molar-refractivity contribution in [3.8, 4) is 0 Å². The molecule has 0 spiro atoms. The first-order chi connectivity index (χ1) is 8.69. The van der Waals surface area contributed by atoms with Crippen molar-refractivity contribution in [3.05, 3.63) is 23.7 Å². The van der Waals surface area contributed by atoms with Gasteiger partial charge in [0.2, 0.25) is 5.76 Å². The number of piperidine rings is 1. The van der Waals surface area contributed by atoms with Gasteiger partial charge in [0.15, 0.2) is 0 Å². The average molecular weight is 252 g/mol. The number of hydrogen-bond donors (Lipinski definition) is 2. The summed E-state index contributed by atoms with van der Waals surface area (Å²) < 4.78 is 5.21. The van der Waals surface area contributed by atoms with Gasteiger partial charge in [-0.15, -0.1) is 0 Å². The van der Waals surface area contributed by atoms with Crippen LogP contribution in [0.1, 0.15) is 36.1 Å². The lowest BCUT2D eigenvalue weighted by Crippen LogP contribution is -2.42. The van der Waals surface area contributed by atoms with Gasteiger partial charge < -0.3 is 19.7 Å². The topological polar surface area (TPSA) is 65.7 Å². The van der Waals surface area contributed by atoms with Crippen molar-refractivity contribution < 1.29 is 14.3 Å². The van der Waals surface area contributed by atoms with E-state index < -0.39 is 5.97 Å². The van der Waals surface area contributed by atoms with Crippen LogP contribution in [0.25, 0.3) is 0 Å². The van der Waals surface area contributed by atoms with Crippen molar-refractivity contribution in [2.24, 2.45) is 0 Å². The lowest BCUT2D eigenvalue weighted by molar-refractivity contribution is 0.0660. The van der Waals surface area contributed by atoms with E-state index in [0.717, 1.165) is 32.5 Å². The Bertz CT molecular complexity index is 395. The van der Waals surface area contributed by atoms with Crippen LogP contribution in [-0.2, 0) is 6.54 Å². The smallest absolute Gasteiger partial charge is 0.371 e. The molecule has 0 bridgehead atoms. The molecular formula is C13H20N2O3. The minimum Gasteiger partial charge on any atom is -0.475 e. The monoisotopic (exact) mass is 252 g/mol. The predicted molar refractivity (Wildman–Crippen MR) is 67.6 cm³/mol. The Hall–Kier alpha value is -1.33. The number of carboxylic acid groups (broad SMARTS) is 1. The summed E-state index contributed by atoms with van der Waals surface area (Å²) in [7, 11) is 0. The fourth-order valence-corrected chi connectivity index (χ4v) is 2.29. The highest BCUT2D eigenvalue weighted by Crippen LogP contribution is 2.12. The number of nitrogens with one attached hydrogen (secondary N) is 1. The maximum absolute atomic E-state index is 10.7. The van der Waals surface area contributed by atoms with E-state index in [-0.39, 0.29) is 5.76 Å². The number of furan rings is 1. The normalized spacial score (nSPS) is 18.1. The van der Waals surface area contributed by atoms with Crippen molar-refractivity contribution >= 4 is 5.97 Å². The zero-order valence-corrected chi connectivity index (χ0v) is 10.7. The largest absolute Gasteiger partial charge is 0.475 e. The van der Waals surface area contributed by atoms with Crippen molar-refractivity contribution in [2.45, 2.75) is 32.4 Å². The van der Waals surface area contributed by atoms with Crippen molar-refractivity contribution in [2.75, 3.05) is 19.6 Å². The van der Waals surface area contributed by atoms with Gasteiger partial charge in [0.1, 0.15) is 5.76 Å². The number of carbonyl (C=O) groups is 1. The van der Waals surface area contributed by atoms with Gasteiger partial charge >= 0.3 is 5.97 Å². The van der Waals surface area contributed by atoms with Gasteiger partial charge in [0.25, 0.3) is 0 Å². The SMILES string of the molecule is CCN1CCC(NCc2ccc(C(=O)O)o2)CC1. The van der Waals surface area contributed by atoms with Crippen LogP contribution in [0.2, 0.25) is 0 Å². The number of rotatable bonds is 5. The molecule has 1 fully saturated rings. The van der Waals surface area contributed by atoms with Gasteiger partial charge in [-0.2, -0.15) is 0 Å². The van der Waals surface area contributed by atoms with Gasteiger partial charge in [-0.1, -0.05) is 6.92 Å². The minimum atomic E-state index is -1.02. The first-order valence-electron chi connectivity index (χ1n) is 6.46. The summed E-state index contributed by atoms with van der Waals surface area (Å²) in [5, 5.41) is 12.2. The molecule has 5 nitrogen and oxygen atoms in total. The maximum atomic E-state index is 10.7. The van der Waals surface area contributed by atoms with Crippen LogP contribution < -0.4 is 5.32 Å². The van der Waals surface area contributed by atoms with E-state index in [9.17, 15) is 4.79 Å². The number of carboxylic acids is 1. The molecule has 0 aliphatic carbocycles. The van der Waals surface area contributed by atoms with Crippen LogP contribution in [0.4, 0.5) is 0 Å². The third kappa shape index (κ3) is 3.34. The molecule has 0 amide bonds.